The van der Waals surface area contributed by atoms with Gasteiger partial charge in [-0.1, -0.05) is 13.8 Å². The number of rotatable bonds is 5. The number of amides is 1. The number of aliphatic carboxylic acids is 1. The van der Waals surface area contributed by atoms with E-state index in [0.29, 0.717) is 25.3 Å². The molecule has 1 heterocycles. The van der Waals surface area contributed by atoms with E-state index >= 15 is 0 Å². The summed E-state index contributed by atoms with van der Waals surface area (Å²) in [6.07, 6.45) is 3.00. The maximum Gasteiger partial charge on any atom is 0.307 e. The number of hydrogen-bond acceptors (Lipinski definition) is 4. The van der Waals surface area contributed by atoms with E-state index in [1.165, 1.54) is 0 Å². The maximum absolute atomic E-state index is 12.2. The van der Waals surface area contributed by atoms with Crippen LogP contribution in [0, 0.1) is 17.8 Å². The van der Waals surface area contributed by atoms with Gasteiger partial charge in [-0.15, -0.1) is 11.3 Å². The summed E-state index contributed by atoms with van der Waals surface area (Å²) in [6, 6.07) is 0. The highest BCUT2D eigenvalue weighted by Gasteiger charge is 2.41. The molecule has 0 radical (unpaired) electrons. The average Bonchev–Trinajstić information content (AvgIpc) is 3.04. The second-order valence-electron chi connectivity index (χ2n) is 5.64. The predicted molar refractivity (Wildman–Crippen MR) is 76.6 cm³/mol. The number of carbonyl (C=O) groups excluding carboxylic acids is 1. The van der Waals surface area contributed by atoms with Gasteiger partial charge < -0.3 is 10.4 Å². The molecular weight excluding hydrogens is 276 g/mol. The van der Waals surface area contributed by atoms with E-state index in [1.54, 1.807) is 17.5 Å². The van der Waals surface area contributed by atoms with Gasteiger partial charge in [0.2, 0.25) is 5.91 Å². The number of carboxylic acid groups (broad SMARTS) is 1. The van der Waals surface area contributed by atoms with Gasteiger partial charge in [-0.3, -0.25) is 9.59 Å². The fourth-order valence-corrected chi connectivity index (χ4v) is 3.50. The van der Waals surface area contributed by atoms with Crippen molar-refractivity contribution in [3.8, 4) is 0 Å². The zero-order valence-electron chi connectivity index (χ0n) is 11.7. The Bertz CT molecular complexity index is 475. The zero-order chi connectivity index (χ0) is 14.7. The molecule has 1 saturated carbocycles. The molecule has 0 aliphatic heterocycles. The first-order chi connectivity index (χ1) is 9.49. The van der Waals surface area contributed by atoms with Gasteiger partial charge in [0.15, 0.2) is 0 Å². The lowest BCUT2D eigenvalue weighted by atomic mass is 9.95. The number of nitrogens with zero attached hydrogens (tertiary/aromatic N) is 1. The molecule has 1 aromatic heterocycles. The Morgan fingerprint density at radius 2 is 2.20 bits per heavy atom. The number of carbonyl (C=O) groups is 2. The Labute approximate surface area is 122 Å². The number of hydrogen-bond donors (Lipinski definition) is 2. The van der Waals surface area contributed by atoms with E-state index in [4.69, 9.17) is 0 Å². The third-order valence-corrected chi connectivity index (χ3v) is 4.91. The molecule has 1 aliphatic rings. The van der Waals surface area contributed by atoms with E-state index in [9.17, 15) is 14.7 Å². The second-order valence-corrected chi connectivity index (χ2v) is 6.57. The molecule has 1 fully saturated rings. The molecule has 0 aromatic carbocycles. The van der Waals surface area contributed by atoms with Crippen LogP contribution in [0.5, 0.6) is 0 Å². The molecule has 0 saturated heterocycles. The van der Waals surface area contributed by atoms with E-state index < -0.39 is 17.8 Å². The van der Waals surface area contributed by atoms with Crippen molar-refractivity contribution < 1.29 is 14.7 Å². The summed E-state index contributed by atoms with van der Waals surface area (Å²) in [5, 5.41) is 15.0. The molecule has 110 valence electrons. The van der Waals surface area contributed by atoms with Gasteiger partial charge in [0, 0.05) is 24.0 Å². The minimum atomic E-state index is -0.859. The third-order valence-electron chi connectivity index (χ3n) is 3.91. The summed E-state index contributed by atoms with van der Waals surface area (Å²) in [6.45, 7) is 4.51. The quantitative estimate of drug-likeness (QED) is 0.872. The summed E-state index contributed by atoms with van der Waals surface area (Å²) in [7, 11) is 0. The van der Waals surface area contributed by atoms with Crippen LogP contribution in [0.3, 0.4) is 0 Å². The number of carboxylic acids is 1. The van der Waals surface area contributed by atoms with Crippen LogP contribution in [-0.2, 0) is 9.59 Å². The maximum atomic E-state index is 12.2. The molecule has 1 aromatic rings. The first kappa shape index (κ1) is 15.0. The fourth-order valence-electron chi connectivity index (χ4n) is 2.80. The van der Waals surface area contributed by atoms with Crippen molar-refractivity contribution in [3.05, 3.63) is 16.6 Å². The minimum Gasteiger partial charge on any atom is -0.481 e. The van der Waals surface area contributed by atoms with Crippen molar-refractivity contribution in [2.75, 3.05) is 6.54 Å². The van der Waals surface area contributed by atoms with Gasteiger partial charge >= 0.3 is 5.97 Å². The predicted octanol–water partition coefficient (Wildman–Crippen LogP) is 2.11. The highest BCUT2D eigenvalue weighted by Crippen LogP contribution is 2.36. The standard InChI is InChI=1S/C14H20N2O3S/c1-8-5-10(11(6-8)14(18)19)12(17)16-7-9(2)13-15-3-4-20-13/h3-4,8-11H,5-7H2,1-2H3,(H,16,17)(H,18,19)/t8?,9?,10-,11+/m0/s1. The third kappa shape index (κ3) is 3.36. The van der Waals surface area contributed by atoms with Gasteiger partial charge in [-0.2, -0.15) is 0 Å². The molecule has 5 nitrogen and oxygen atoms in total. The lowest BCUT2D eigenvalue weighted by Crippen LogP contribution is -2.37. The molecular formula is C14H20N2O3S. The van der Waals surface area contributed by atoms with E-state index in [-0.39, 0.29) is 11.8 Å². The summed E-state index contributed by atoms with van der Waals surface area (Å²) in [5.74, 6) is -1.48. The Balaban J connectivity index is 1.89. The van der Waals surface area contributed by atoms with Crippen LogP contribution in [-0.4, -0.2) is 28.5 Å². The number of thiazole rings is 1. The Hall–Kier alpha value is -1.43. The molecule has 0 bridgehead atoms. The molecule has 2 rings (SSSR count). The van der Waals surface area contributed by atoms with Crippen LogP contribution in [0.1, 0.15) is 37.6 Å². The lowest BCUT2D eigenvalue weighted by Gasteiger charge is -2.17. The van der Waals surface area contributed by atoms with Crippen LogP contribution >= 0.6 is 11.3 Å². The van der Waals surface area contributed by atoms with E-state index in [0.717, 1.165) is 5.01 Å². The molecule has 0 spiro atoms. The second kappa shape index (κ2) is 6.35. The average molecular weight is 296 g/mol. The fraction of sp³-hybridized carbons (Fsp3) is 0.643. The number of nitrogens with one attached hydrogen (secondary N) is 1. The van der Waals surface area contributed by atoms with Gasteiger partial charge in [0.1, 0.15) is 0 Å². The monoisotopic (exact) mass is 296 g/mol. The Kier molecular flexibility index (Phi) is 4.75. The lowest BCUT2D eigenvalue weighted by molar-refractivity contribution is -0.146. The van der Waals surface area contributed by atoms with Crippen LogP contribution in [0.2, 0.25) is 0 Å². The molecule has 2 unspecified atom stereocenters. The smallest absolute Gasteiger partial charge is 0.307 e. The van der Waals surface area contributed by atoms with E-state index in [1.807, 2.05) is 19.2 Å². The SMILES string of the molecule is CC1C[C@H](C(=O)NCC(C)c2nccs2)[C@H](C(=O)O)C1. The van der Waals surface area contributed by atoms with Crippen molar-refractivity contribution in [1.29, 1.82) is 0 Å². The molecule has 20 heavy (non-hydrogen) atoms. The summed E-state index contributed by atoms with van der Waals surface area (Å²) in [4.78, 5) is 27.6. The van der Waals surface area contributed by atoms with Crippen LogP contribution in [0.4, 0.5) is 0 Å². The van der Waals surface area contributed by atoms with Crippen LogP contribution in [0.25, 0.3) is 0 Å². The van der Waals surface area contributed by atoms with Gasteiger partial charge in [-0.25, -0.2) is 4.98 Å². The molecule has 2 N–H and O–H groups in total. The van der Waals surface area contributed by atoms with Gasteiger partial charge in [-0.05, 0) is 18.8 Å². The van der Waals surface area contributed by atoms with Crippen molar-refractivity contribution in [2.24, 2.45) is 17.8 Å². The summed E-state index contributed by atoms with van der Waals surface area (Å²) >= 11 is 1.56. The van der Waals surface area contributed by atoms with Crippen LogP contribution in [0.15, 0.2) is 11.6 Å². The zero-order valence-corrected chi connectivity index (χ0v) is 12.5. The van der Waals surface area contributed by atoms with Crippen molar-refractivity contribution in [1.82, 2.24) is 10.3 Å². The summed E-state index contributed by atoms with van der Waals surface area (Å²) < 4.78 is 0. The normalized spacial score (nSPS) is 27.2. The van der Waals surface area contributed by atoms with Crippen molar-refractivity contribution in [3.63, 3.8) is 0 Å². The molecule has 6 heteroatoms. The highest BCUT2D eigenvalue weighted by molar-refractivity contribution is 7.09. The summed E-state index contributed by atoms with van der Waals surface area (Å²) in [5.41, 5.74) is 0. The van der Waals surface area contributed by atoms with Gasteiger partial charge in [0.25, 0.3) is 0 Å². The molecule has 4 atom stereocenters. The highest BCUT2D eigenvalue weighted by atomic mass is 32.1. The largest absolute Gasteiger partial charge is 0.481 e. The van der Waals surface area contributed by atoms with Crippen LogP contribution < -0.4 is 5.32 Å². The number of aromatic nitrogens is 1. The van der Waals surface area contributed by atoms with Crippen molar-refractivity contribution >= 4 is 23.2 Å². The van der Waals surface area contributed by atoms with E-state index in [2.05, 4.69) is 10.3 Å². The van der Waals surface area contributed by atoms with Crippen molar-refractivity contribution in [2.45, 2.75) is 32.6 Å². The van der Waals surface area contributed by atoms with Gasteiger partial charge in [0.05, 0.1) is 16.8 Å². The first-order valence-electron chi connectivity index (χ1n) is 6.89. The molecule has 1 aliphatic carbocycles. The molecule has 1 amide bonds. The Morgan fingerprint density at radius 1 is 1.50 bits per heavy atom. The topological polar surface area (TPSA) is 79.3 Å². The Morgan fingerprint density at radius 3 is 2.80 bits per heavy atom. The minimum absolute atomic E-state index is 0.134. The first-order valence-corrected chi connectivity index (χ1v) is 7.77.